The van der Waals surface area contributed by atoms with E-state index in [1.165, 1.54) is 0 Å². The summed E-state index contributed by atoms with van der Waals surface area (Å²) in [7, 11) is 0. The molecule has 1 aromatic rings. The Labute approximate surface area is 102 Å². The first kappa shape index (κ1) is 13.7. The van der Waals surface area contributed by atoms with Crippen LogP contribution < -0.4 is 16.6 Å². The molecule has 5 N–H and O–H groups in total. The molecule has 0 spiro atoms. The van der Waals surface area contributed by atoms with Crippen molar-refractivity contribution in [1.82, 2.24) is 9.97 Å². The second-order valence-corrected chi connectivity index (χ2v) is 4.46. The van der Waals surface area contributed by atoms with Gasteiger partial charge in [-0.15, -0.1) is 0 Å². The lowest BCUT2D eigenvalue weighted by atomic mass is 10.2. The van der Waals surface area contributed by atoms with E-state index in [0.717, 1.165) is 11.6 Å². The van der Waals surface area contributed by atoms with Crippen molar-refractivity contribution in [2.45, 2.75) is 26.7 Å². The van der Waals surface area contributed by atoms with Crippen molar-refractivity contribution >= 4 is 11.6 Å². The van der Waals surface area contributed by atoms with E-state index in [2.05, 4.69) is 20.7 Å². The lowest BCUT2D eigenvalue weighted by Crippen LogP contribution is -2.17. The predicted molar refractivity (Wildman–Crippen MR) is 68.7 cm³/mol. The molecule has 1 heterocycles. The number of nitrogens with two attached hydrogens (primary N) is 1. The Morgan fingerprint density at radius 3 is 2.47 bits per heavy atom. The number of anilines is 2. The molecule has 17 heavy (non-hydrogen) atoms. The standard InChI is InChI=1S/C11H21N5O/c1-7(2)11-14-9(4-10(15-11)16-12)13-5-8(3)6-17/h4,7-8,17H,5-6,12H2,1-3H3,(H2,13,14,15,16). The van der Waals surface area contributed by atoms with Crippen LogP contribution in [0.4, 0.5) is 11.6 Å². The third-order valence-electron chi connectivity index (χ3n) is 2.35. The van der Waals surface area contributed by atoms with Crippen molar-refractivity contribution < 1.29 is 5.11 Å². The number of aliphatic hydroxyl groups is 1. The van der Waals surface area contributed by atoms with Crippen LogP contribution in [0.25, 0.3) is 0 Å². The topological polar surface area (TPSA) is 96.1 Å². The number of hydrazine groups is 1. The fraction of sp³-hybridized carbons (Fsp3) is 0.636. The van der Waals surface area contributed by atoms with E-state index in [-0.39, 0.29) is 18.4 Å². The quantitative estimate of drug-likeness (QED) is 0.435. The molecular weight excluding hydrogens is 218 g/mol. The third kappa shape index (κ3) is 4.16. The maximum absolute atomic E-state index is 8.95. The molecule has 0 aliphatic heterocycles. The van der Waals surface area contributed by atoms with Crippen molar-refractivity contribution in [1.29, 1.82) is 0 Å². The summed E-state index contributed by atoms with van der Waals surface area (Å²) in [6, 6.07) is 1.75. The van der Waals surface area contributed by atoms with Gasteiger partial charge in [0, 0.05) is 25.1 Å². The maximum Gasteiger partial charge on any atom is 0.145 e. The Hall–Kier alpha value is -1.40. The highest BCUT2D eigenvalue weighted by Gasteiger charge is 2.08. The highest BCUT2D eigenvalue weighted by molar-refractivity contribution is 5.47. The Morgan fingerprint density at radius 1 is 1.29 bits per heavy atom. The summed E-state index contributed by atoms with van der Waals surface area (Å²) in [5, 5.41) is 12.1. The molecule has 1 atom stereocenters. The Bertz CT molecular complexity index is 356. The molecule has 1 rings (SSSR count). The highest BCUT2D eigenvalue weighted by Crippen LogP contribution is 2.16. The summed E-state index contributed by atoms with van der Waals surface area (Å²) in [6.07, 6.45) is 0. The molecule has 6 heteroatoms. The molecule has 0 saturated heterocycles. The van der Waals surface area contributed by atoms with E-state index in [4.69, 9.17) is 10.9 Å². The number of aromatic nitrogens is 2. The van der Waals surface area contributed by atoms with Gasteiger partial charge < -0.3 is 15.8 Å². The van der Waals surface area contributed by atoms with Crippen LogP contribution in [0.5, 0.6) is 0 Å². The molecule has 1 unspecified atom stereocenters. The first-order valence-electron chi connectivity index (χ1n) is 5.77. The Kier molecular flexibility index (Phi) is 5.11. The van der Waals surface area contributed by atoms with Crippen LogP contribution in [0.15, 0.2) is 6.07 Å². The van der Waals surface area contributed by atoms with Gasteiger partial charge in [-0.2, -0.15) is 0 Å². The summed E-state index contributed by atoms with van der Waals surface area (Å²) in [6.45, 7) is 6.82. The van der Waals surface area contributed by atoms with Crippen LogP contribution in [0.1, 0.15) is 32.5 Å². The average Bonchev–Trinajstić information content (AvgIpc) is 2.35. The summed E-state index contributed by atoms with van der Waals surface area (Å²) in [5.41, 5.74) is 2.52. The molecule has 0 aliphatic rings. The molecular formula is C11H21N5O. The highest BCUT2D eigenvalue weighted by atomic mass is 16.3. The van der Waals surface area contributed by atoms with Gasteiger partial charge >= 0.3 is 0 Å². The van der Waals surface area contributed by atoms with Crippen molar-refractivity contribution in [2.75, 3.05) is 23.9 Å². The summed E-state index contributed by atoms with van der Waals surface area (Å²) in [5.74, 6) is 7.82. The van der Waals surface area contributed by atoms with E-state index in [0.29, 0.717) is 12.4 Å². The third-order valence-corrected chi connectivity index (χ3v) is 2.35. The van der Waals surface area contributed by atoms with Crippen molar-refractivity contribution in [2.24, 2.45) is 11.8 Å². The van der Waals surface area contributed by atoms with Gasteiger partial charge in [-0.1, -0.05) is 20.8 Å². The summed E-state index contributed by atoms with van der Waals surface area (Å²) < 4.78 is 0. The molecule has 0 radical (unpaired) electrons. The molecule has 0 aliphatic carbocycles. The number of nitrogens with one attached hydrogen (secondary N) is 2. The number of nitrogen functional groups attached to an aromatic ring is 1. The Morgan fingerprint density at radius 2 is 1.94 bits per heavy atom. The molecule has 96 valence electrons. The molecule has 0 fully saturated rings. The Balaban J connectivity index is 2.80. The number of hydrogen-bond acceptors (Lipinski definition) is 6. The normalized spacial score (nSPS) is 12.6. The van der Waals surface area contributed by atoms with Crippen molar-refractivity contribution in [3.05, 3.63) is 11.9 Å². The van der Waals surface area contributed by atoms with Gasteiger partial charge in [-0.05, 0) is 5.92 Å². The van der Waals surface area contributed by atoms with E-state index in [1.54, 1.807) is 6.07 Å². The van der Waals surface area contributed by atoms with E-state index < -0.39 is 0 Å². The van der Waals surface area contributed by atoms with Crippen LogP contribution in [0.3, 0.4) is 0 Å². The molecule has 6 nitrogen and oxygen atoms in total. The smallest absolute Gasteiger partial charge is 0.145 e. The number of nitrogens with zero attached hydrogens (tertiary/aromatic N) is 2. The zero-order valence-corrected chi connectivity index (χ0v) is 10.6. The van der Waals surface area contributed by atoms with Crippen LogP contribution in [0.2, 0.25) is 0 Å². The fourth-order valence-corrected chi connectivity index (χ4v) is 1.23. The van der Waals surface area contributed by atoms with Gasteiger partial charge in [0.25, 0.3) is 0 Å². The van der Waals surface area contributed by atoms with Gasteiger partial charge in [-0.3, -0.25) is 0 Å². The van der Waals surface area contributed by atoms with Gasteiger partial charge in [0.2, 0.25) is 0 Å². The zero-order chi connectivity index (χ0) is 12.8. The first-order chi connectivity index (χ1) is 8.06. The van der Waals surface area contributed by atoms with Gasteiger partial charge in [-0.25, -0.2) is 15.8 Å². The molecule has 0 aromatic carbocycles. The van der Waals surface area contributed by atoms with Crippen LogP contribution >= 0.6 is 0 Å². The zero-order valence-electron chi connectivity index (χ0n) is 10.6. The van der Waals surface area contributed by atoms with Crippen molar-refractivity contribution in [3.63, 3.8) is 0 Å². The molecule has 0 bridgehead atoms. The van der Waals surface area contributed by atoms with Crippen LogP contribution in [-0.2, 0) is 0 Å². The van der Waals surface area contributed by atoms with E-state index in [1.807, 2.05) is 20.8 Å². The predicted octanol–water partition coefficient (Wildman–Crippen LogP) is 0.926. The lowest BCUT2D eigenvalue weighted by Gasteiger charge is -2.13. The average molecular weight is 239 g/mol. The monoisotopic (exact) mass is 239 g/mol. The molecule has 0 amide bonds. The lowest BCUT2D eigenvalue weighted by molar-refractivity contribution is 0.244. The van der Waals surface area contributed by atoms with E-state index >= 15 is 0 Å². The summed E-state index contributed by atoms with van der Waals surface area (Å²) >= 11 is 0. The van der Waals surface area contributed by atoms with Crippen molar-refractivity contribution in [3.8, 4) is 0 Å². The first-order valence-corrected chi connectivity index (χ1v) is 5.77. The van der Waals surface area contributed by atoms with Gasteiger partial charge in [0.15, 0.2) is 0 Å². The second kappa shape index (κ2) is 6.36. The summed E-state index contributed by atoms with van der Waals surface area (Å²) in [4.78, 5) is 8.65. The van der Waals surface area contributed by atoms with Gasteiger partial charge in [0.05, 0.1) is 0 Å². The number of rotatable bonds is 6. The minimum absolute atomic E-state index is 0.150. The number of aliphatic hydroxyl groups excluding tert-OH is 1. The van der Waals surface area contributed by atoms with Crippen LogP contribution in [-0.4, -0.2) is 28.2 Å². The second-order valence-electron chi connectivity index (χ2n) is 4.46. The minimum Gasteiger partial charge on any atom is -0.396 e. The van der Waals surface area contributed by atoms with Gasteiger partial charge in [0.1, 0.15) is 17.5 Å². The maximum atomic E-state index is 8.95. The fourth-order valence-electron chi connectivity index (χ4n) is 1.23. The molecule has 1 aromatic heterocycles. The minimum atomic E-state index is 0.150. The number of hydrogen-bond donors (Lipinski definition) is 4. The largest absolute Gasteiger partial charge is 0.396 e. The van der Waals surface area contributed by atoms with Crippen LogP contribution in [0, 0.1) is 5.92 Å². The molecule has 0 saturated carbocycles. The van der Waals surface area contributed by atoms with E-state index in [9.17, 15) is 0 Å². The SMILES string of the molecule is CC(CO)CNc1cc(NN)nc(C(C)C)n1.